The number of rotatable bonds is 5. The molecule has 0 bridgehead atoms. The highest BCUT2D eigenvalue weighted by atomic mass is 32.2. The number of thioether (sulfide) groups is 1. The zero-order valence-electron chi connectivity index (χ0n) is 7.60. The maximum atomic E-state index is 12.3. The molecule has 0 radical (unpaired) electrons. The third-order valence-electron chi connectivity index (χ3n) is 1.73. The molecule has 0 amide bonds. The second kappa shape index (κ2) is 4.88. The van der Waals surface area contributed by atoms with Gasteiger partial charge in [0.2, 0.25) is 5.54 Å². The molecule has 1 atom stereocenters. The van der Waals surface area contributed by atoms with Crippen LogP contribution in [0.15, 0.2) is 0 Å². The average Bonchev–Trinajstić information content (AvgIpc) is 2.02. The van der Waals surface area contributed by atoms with Crippen molar-refractivity contribution in [3.05, 3.63) is 0 Å². The Morgan fingerprint density at radius 2 is 2.00 bits per heavy atom. The second-order valence-electron chi connectivity index (χ2n) is 2.72. The molecule has 0 fully saturated rings. The quantitative estimate of drug-likeness (QED) is 0.703. The highest BCUT2D eigenvalue weighted by Crippen LogP contribution is 2.32. The fourth-order valence-corrected chi connectivity index (χ4v) is 1.50. The number of alkyl halides is 3. The lowest BCUT2D eigenvalue weighted by molar-refractivity contribution is -0.202. The number of carbonyl (C=O) groups is 1. The van der Waals surface area contributed by atoms with Crippen molar-refractivity contribution in [2.75, 3.05) is 11.5 Å². The van der Waals surface area contributed by atoms with E-state index in [2.05, 4.69) is 0 Å². The maximum Gasteiger partial charge on any atom is 0.417 e. The summed E-state index contributed by atoms with van der Waals surface area (Å²) in [4.78, 5) is 10.4. The lowest BCUT2D eigenvalue weighted by Gasteiger charge is -2.26. The van der Waals surface area contributed by atoms with Gasteiger partial charge in [0.25, 0.3) is 0 Å². The van der Waals surface area contributed by atoms with Crippen LogP contribution >= 0.6 is 11.8 Å². The monoisotopic (exact) mass is 231 g/mol. The normalized spacial score (nSPS) is 16.4. The Labute approximate surface area is 83.8 Å². The summed E-state index contributed by atoms with van der Waals surface area (Å²) >= 11 is 1.23. The third kappa shape index (κ3) is 3.06. The van der Waals surface area contributed by atoms with Gasteiger partial charge in [-0.05, 0) is 17.9 Å². The molecule has 0 aliphatic rings. The topological polar surface area (TPSA) is 63.3 Å². The summed E-state index contributed by atoms with van der Waals surface area (Å²) < 4.78 is 36.8. The van der Waals surface area contributed by atoms with E-state index in [1.54, 1.807) is 6.92 Å². The van der Waals surface area contributed by atoms with E-state index in [1.165, 1.54) is 11.8 Å². The van der Waals surface area contributed by atoms with E-state index < -0.39 is 24.1 Å². The largest absolute Gasteiger partial charge is 0.480 e. The number of hydrogen-bond acceptors (Lipinski definition) is 3. The molecule has 0 aliphatic heterocycles. The smallest absolute Gasteiger partial charge is 0.417 e. The highest BCUT2D eigenvalue weighted by molar-refractivity contribution is 7.99. The van der Waals surface area contributed by atoms with E-state index in [4.69, 9.17) is 10.8 Å². The molecule has 0 aromatic heterocycles. The molecule has 0 rings (SSSR count). The van der Waals surface area contributed by atoms with E-state index in [0.717, 1.165) is 0 Å². The fourth-order valence-electron chi connectivity index (χ4n) is 0.747. The predicted octanol–water partition coefficient (Wildman–Crippen LogP) is 1.47. The van der Waals surface area contributed by atoms with Gasteiger partial charge in [-0.25, -0.2) is 4.79 Å². The molecule has 1 unspecified atom stereocenters. The first kappa shape index (κ1) is 13.6. The van der Waals surface area contributed by atoms with E-state index in [9.17, 15) is 18.0 Å². The zero-order valence-corrected chi connectivity index (χ0v) is 8.41. The van der Waals surface area contributed by atoms with Crippen LogP contribution in [0, 0.1) is 0 Å². The Kier molecular flexibility index (Phi) is 4.73. The van der Waals surface area contributed by atoms with E-state index in [1.807, 2.05) is 0 Å². The van der Waals surface area contributed by atoms with Crippen LogP contribution in [0.1, 0.15) is 13.3 Å². The predicted molar refractivity (Wildman–Crippen MR) is 48.2 cm³/mol. The molecule has 7 heteroatoms. The molecule has 0 saturated carbocycles. The molecule has 3 nitrogen and oxygen atoms in total. The van der Waals surface area contributed by atoms with Gasteiger partial charge in [0, 0.05) is 0 Å². The summed E-state index contributed by atoms with van der Waals surface area (Å²) in [5.74, 6) is -1.31. The number of carboxylic acids is 1. The van der Waals surface area contributed by atoms with Gasteiger partial charge >= 0.3 is 12.1 Å². The SMILES string of the molecule is CCSCCC(N)(C(=O)O)C(F)(F)F. The van der Waals surface area contributed by atoms with E-state index in [0.29, 0.717) is 5.75 Å². The van der Waals surface area contributed by atoms with Crippen molar-refractivity contribution < 1.29 is 23.1 Å². The Hall–Kier alpha value is -0.430. The third-order valence-corrected chi connectivity index (χ3v) is 2.63. The molecule has 0 spiro atoms. The van der Waals surface area contributed by atoms with Crippen LogP contribution in [0.5, 0.6) is 0 Å². The van der Waals surface area contributed by atoms with Gasteiger partial charge in [-0.3, -0.25) is 0 Å². The van der Waals surface area contributed by atoms with Crippen LogP contribution < -0.4 is 5.73 Å². The first-order valence-corrected chi connectivity index (χ1v) is 5.08. The average molecular weight is 231 g/mol. The number of halogens is 3. The number of hydrogen-bond donors (Lipinski definition) is 2. The first-order chi connectivity index (χ1) is 6.25. The summed E-state index contributed by atoms with van der Waals surface area (Å²) in [6, 6.07) is 0. The van der Waals surface area contributed by atoms with Gasteiger partial charge in [0.05, 0.1) is 0 Å². The minimum absolute atomic E-state index is 0.0822. The van der Waals surface area contributed by atoms with Gasteiger partial charge in [0.15, 0.2) is 0 Å². The van der Waals surface area contributed by atoms with Crippen LogP contribution in [0.4, 0.5) is 13.2 Å². The van der Waals surface area contributed by atoms with Crippen LogP contribution in [-0.2, 0) is 4.79 Å². The molecule has 3 N–H and O–H groups in total. The number of aliphatic carboxylic acids is 1. The molecular formula is C7H12F3NO2S. The van der Waals surface area contributed by atoms with Gasteiger partial charge in [-0.2, -0.15) is 24.9 Å². The molecule has 0 aromatic carbocycles. The maximum absolute atomic E-state index is 12.3. The van der Waals surface area contributed by atoms with Gasteiger partial charge in [-0.1, -0.05) is 6.92 Å². The van der Waals surface area contributed by atoms with Crippen molar-refractivity contribution in [3.63, 3.8) is 0 Å². The van der Waals surface area contributed by atoms with Crippen LogP contribution in [-0.4, -0.2) is 34.3 Å². The second-order valence-corrected chi connectivity index (χ2v) is 4.12. The minimum atomic E-state index is -4.91. The van der Waals surface area contributed by atoms with Crippen molar-refractivity contribution in [3.8, 4) is 0 Å². The summed E-state index contributed by atoms with van der Waals surface area (Å²) in [7, 11) is 0. The van der Waals surface area contributed by atoms with Crippen molar-refractivity contribution >= 4 is 17.7 Å². The summed E-state index contributed by atoms with van der Waals surface area (Å²) in [5.41, 5.74) is 1.70. The van der Waals surface area contributed by atoms with Crippen molar-refractivity contribution in [2.45, 2.75) is 25.1 Å². The Morgan fingerprint density at radius 1 is 1.50 bits per heavy atom. The fraction of sp³-hybridized carbons (Fsp3) is 0.857. The Morgan fingerprint density at radius 3 is 2.29 bits per heavy atom. The molecule has 0 aromatic rings. The molecule has 0 heterocycles. The number of carboxylic acid groups (broad SMARTS) is 1. The van der Waals surface area contributed by atoms with Crippen molar-refractivity contribution in [1.29, 1.82) is 0 Å². The standard InChI is InChI=1S/C7H12F3NO2S/c1-2-14-4-3-6(11,5(12)13)7(8,9)10/h2-4,11H2,1H3,(H,12,13). The first-order valence-electron chi connectivity index (χ1n) is 3.92. The Bertz CT molecular complexity index is 210. The van der Waals surface area contributed by atoms with E-state index >= 15 is 0 Å². The summed E-state index contributed by atoms with van der Waals surface area (Å²) in [5, 5.41) is 8.41. The zero-order chi connectivity index (χ0) is 11.4. The minimum Gasteiger partial charge on any atom is -0.480 e. The van der Waals surface area contributed by atoms with Crippen molar-refractivity contribution in [2.24, 2.45) is 5.73 Å². The van der Waals surface area contributed by atoms with Gasteiger partial charge in [-0.15, -0.1) is 0 Å². The van der Waals surface area contributed by atoms with Crippen LogP contribution in [0.25, 0.3) is 0 Å². The summed E-state index contributed by atoms with van der Waals surface area (Å²) in [6.07, 6.45) is -5.52. The lowest BCUT2D eigenvalue weighted by atomic mass is 9.97. The van der Waals surface area contributed by atoms with Crippen LogP contribution in [0.2, 0.25) is 0 Å². The van der Waals surface area contributed by atoms with Gasteiger partial charge < -0.3 is 10.8 Å². The Balaban J connectivity index is 4.50. The lowest BCUT2D eigenvalue weighted by Crippen LogP contribution is -2.59. The molecular weight excluding hydrogens is 219 g/mol. The van der Waals surface area contributed by atoms with Crippen molar-refractivity contribution in [1.82, 2.24) is 0 Å². The molecule has 0 saturated heterocycles. The van der Waals surface area contributed by atoms with Crippen LogP contribution in [0.3, 0.4) is 0 Å². The highest BCUT2D eigenvalue weighted by Gasteiger charge is 2.57. The summed E-state index contributed by atoms with van der Waals surface area (Å²) in [6.45, 7) is 1.78. The molecule has 14 heavy (non-hydrogen) atoms. The molecule has 0 aliphatic carbocycles. The van der Waals surface area contributed by atoms with E-state index in [-0.39, 0.29) is 5.75 Å². The number of nitrogens with two attached hydrogens (primary N) is 1. The molecule has 84 valence electrons. The van der Waals surface area contributed by atoms with Gasteiger partial charge in [0.1, 0.15) is 0 Å².